The maximum absolute atomic E-state index is 4.07. The molecule has 1 rings (SSSR count). The fourth-order valence-electron chi connectivity index (χ4n) is 0.856. The Morgan fingerprint density at radius 3 is 3.00 bits per heavy atom. The predicted molar refractivity (Wildman–Crippen MR) is 53.0 cm³/mol. The van der Waals surface area contributed by atoms with Crippen LogP contribution in [0.25, 0.3) is 6.08 Å². The zero-order valence-electron chi connectivity index (χ0n) is 7.32. The summed E-state index contributed by atoms with van der Waals surface area (Å²) in [7, 11) is 0. The van der Waals surface area contributed by atoms with E-state index in [1.165, 1.54) is 17.3 Å². The maximum Gasteiger partial charge on any atom is 0.0969 e. The third-order valence-electron chi connectivity index (χ3n) is 1.63. The van der Waals surface area contributed by atoms with E-state index in [0.717, 1.165) is 12.1 Å². The van der Waals surface area contributed by atoms with Crippen molar-refractivity contribution in [1.29, 1.82) is 0 Å². The Labute approximate surface area is 77.0 Å². The van der Waals surface area contributed by atoms with Gasteiger partial charge in [-0.3, -0.25) is 0 Å². The third kappa shape index (κ3) is 2.58. The van der Waals surface area contributed by atoms with Gasteiger partial charge in [0.05, 0.1) is 23.6 Å². The first-order valence-corrected chi connectivity index (χ1v) is 4.70. The molecule has 1 aromatic rings. The zero-order valence-corrected chi connectivity index (χ0v) is 8.14. The normalized spacial score (nSPS) is 12.7. The van der Waals surface area contributed by atoms with Crippen molar-refractivity contribution in [3.05, 3.63) is 29.6 Å². The molecule has 0 aliphatic heterocycles. The third-order valence-corrected chi connectivity index (χ3v) is 2.12. The topological polar surface area (TPSA) is 25.8 Å². The van der Waals surface area contributed by atoms with Gasteiger partial charge in [-0.2, -0.15) is 8.75 Å². The molecule has 0 aromatic carbocycles. The second-order valence-electron chi connectivity index (χ2n) is 2.38. The lowest BCUT2D eigenvalue weighted by molar-refractivity contribution is 1.14. The summed E-state index contributed by atoms with van der Waals surface area (Å²) in [6.45, 7) is 4.18. The summed E-state index contributed by atoms with van der Waals surface area (Å²) in [6, 6.07) is 0. The Morgan fingerprint density at radius 2 is 2.50 bits per heavy atom. The van der Waals surface area contributed by atoms with Gasteiger partial charge in [0.25, 0.3) is 0 Å². The van der Waals surface area contributed by atoms with Gasteiger partial charge in [-0.15, -0.1) is 0 Å². The van der Waals surface area contributed by atoms with Crippen LogP contribution in [0.2, 0.25) is 0 Å². The highest BCUT2D eigenvalue weighted by atomic mass is 32.1. The average Bonchev–Trinajstić information content (AvgIpc) is 2.59. The van der Waals surface area contributed by atoms with Gasteiger partial charge in [0.15, 0.2) is 0 Å². The summed E-state index contributed by atoms with van der Waals surface area (Å²) >= 11 is 1.24. The van der Waals surface area contributed by atoms with Gasteiger partial charge >= 0.3 is 0 Å². The van der Waals surface area contributed by atoms with E-state index in [9.17, 15) is 0 Å². The summed E-state index contributed by atoms with van der Waals surface area (Å²) in [6.07, 6.45) is 9.00. The van der Waals surface area contributed by atoms with E-state index in [2.05, 4.69) is 27.8 Å². The molecule has 0 aliphatic rings. The minimum Gasteiger partial charge on any atom is -0.181 e. The fourth-order valence-corrected chi connectivity index (χ4v) is 1.26. The minimum absolute atomic E-state index is 0.938. The highest BCUT2D eigenvalue weighted by Crippen LogP contribution is 2.05. The number of nitrogens with zero attached hydrogens (tertiary/aromatic N) is 2. The second kappa shape index (κ2) is 4.83. The number of hydrogen-bond acceptors (Lipinski definition) is 3. The van der Waals surface area contributed by atoms with Crippen LogP contribution in [0.5, 0.6) is 0 Å². The Kier molecular flexibility index (Phi) is 3.67. The molecule has 0 spiro atoms. The van der Waals surface area contributed by atoms with Gasteiger partial charge in [0, 0.05) is 0 Å². The van der Waals surface area contributed by atoms with Crippen LogP contribution in [0.4, 0.5) is 0 Å². The van der Waals surface area contributed by atoms with Gasteiger partial charge in [-0.1, -0.05) is 24.6 Å². The van der Waals surface area contributed by atoms with Crippen molar-refractivity contribution in [2.24, 2.45) is 0 Å². The van der Waals surface area contributed by atoms with E-state index in [-0.39, 0.29) is 0 Å². The van der Waals surface area contributed by atoms with Crippen LogP contribution in [-0.2, 0) is 0 Å². The molecule has 2 nitrogen and oxygen atoms in total. The first-order valence-electron chi connectivity index (χ1n) is 3.97. The van der Waals surface area contributed by atoms with Gasteiger partial charge in [0.2, 0.25) is 0 Å². The SMILES string of the molecule is C/C=C(\C=C/c1cnsn1)CC. The van der Waals surface area contributed by atoms with Crippen LogP contribution >= 0.6 is 11.7 Å². The first kappa shape index (κ1) is 9.13. The van der Waals surface area contributed by atoms with Crippen LogP contribution in [0.1, 0.15) is 26.0 Å². The molecule has 0 atom stereocenters. The van der Waals surface area contributed by atoms with Crippen molar-refractivity contribution in [2.75, 3.05) is 0 Å². The molecule has 0 aliphatic carbocycles. The molecule has 0 fully saturated rings. The standard InChI is InChI=1S/C9H12N2S/c1-3-8(4-2)5-6-9-7-10-12-11-9/h3,5-7H,4H2,1-2H3/b6-5-,8-3-. The van der Waals surface area contributed by atoms with Gasteiger partial charge in [-0.05, 0) is 19.4 Å². The van der Waals surface area contributed by atoms with Crippen molar-refractivity contribution in [3.8, 4) is 0 Å². The summed E-state index contributed by atoms with van der Waals surface area (Å²) in [5, 5.41) is 0. The molecule has 1 heterocycles. The highest BCUT2D eigenvalue weighted by molar-refractivity contribution is 6.99. The molecule has 0 unspecified atom stereocenters. The van der Waals surface area contributed by atoms with Crippen LogP contribution in [0, 0.1) is 0 Å². The Morgan fingerprint density at radius 1 is 1.67 bits per heavy atom. The van der Waals surface area contributed by atoms with Crippen LogP contribution in [0.15, 0.2) is 23.9 Å². The molecule has 0 bridgehead atoms. The Balaban J connectivity index is 2.62. The highest BCUT2D eigenvalue weighted by Gasteiger charge is 1.89. The van der Waals surface area contributed by atoms with Crippen molar-refractivity contribution in [2.45, 2.75) is 20.3 Å². The lowest BCUT2D eigenvalue weighted by atomic mass is 10.2. The Hall–Kier alpha value is -0.960. The summed E-state index contributed by atoms with van der Waals surface area (Å²) < 4.78 is 7.98. The number of hydrogen-bond donors (Lipinski definition) is 0. The molecule has 64 valence electrons. The van der Waals surface area contributed by atoms with Crippen LogP contribution < -0.4 is 0 Å². The molecular weight excluding hydrogens is 168 g/mol. The van der Waals surface area contributed by atoms with Crippen molar-refractivity contribution < 1.29 is 0 Å². The summed E-state index contributed by atoms with van der Waals surface area (Å²) in [5.41, 5.74) is 2.26. The maximum atomic E-state index is 4.07. The van der Waals surface area contributed by atoms with E-state index in [1.54, 1.807) is 6.20 Å². The Bertz CT molecular complexity index is 273. The molecule has 12 heavy (non-hydrogen) atoms. The molecule has 3 heteroatoms. The number of aromatic nitrogens is 2. The monoisotopic (exact) mass is 180 g/mol. The van der Waals surface area contributed by atoms with E-state index >= 15 is 0 Å². The van der Waals surface area contributed by atoms with Crippen molar-refractivity contribution >= 4 is 17.8 Å². The minimum atomic E-state index is 0.938. The zero-order chi connectivity index (χ0) is 8.81. The van der Waals surface area contributed by atoms with Gasteiger partial charge in [-0.25, -0.2) is 0 Å². The van der Waals surface area contributed by atoms with Crippen molar-refractivity contribution in [3.63, 3.8) is 0 Å². The summed E-state index contributed by atoms with van der Waals surface area (Å²) in [5.74, 6) is 0. The van der Waals surface area contributed by atoms with Crippen molar-refractivity contribution in [1.82, 2.24) is 8.75 Å². The molecule has 0 amide bonds. The molecule has 0 saturated heterocycles. The summed E-state index contributed by atoms with van der Waals surface area (Å²) in [4.78, 5) is 0. The quantitative estimate of drug-likeness (QED) is 0.668. The lowest BCUT2D eigenvalue weighted by Gasteiger charge is -1.91. The second-order valence-corrected chi connectivity index (χ2v) is 2.94. The molecule has 0 saturated carbocycles. The smallest absolute Gasteiger partial charge is 0.0969 e. The average molecular weight is 180 g/mol. The van der Waals surface area contributed by atoms with E-state index in [1.807, 2.05) is 13.0 Å². The fraction of sp³-hybridized carbons (Fsp3) is 0.333. The van der Waals surface area contributed by atoms with E-state index in [4.69, 9.17) is 0 Å². The largest absolute Gasteiger partial charge is 0.181 e. The van der Waals surface area contributed by atoms with E-state index < -0.39 is 0 Å². The van der Waals surface area contributed by atoms with Crippen LogP contribution in [-0.4, -0.2) is 8.75 Å². The molecular formula is C9H12N2S. The molecule has 0 radical (unpaired) electrons. The molecule has 0 N–H and O–H groups in total. The predicted octanol–water partition coefficient (Wildman–Crippen LogP) is 2.91. The lowest BCUT2D eigenvalue weighted by Crippen LogP contribution is -1.73. The van der Waals surface area contributed by atoms with Gasteiger partial charge in [0.1, 0.15) is 0 Å². The van der Waals surface area contributed by atoms with E-state index in [0.29, 0.717) is 0 Å². The number of allylic oxidation sites excluding steroid dienone is 3. The number of rotatable bonds is 3. The van der Waals surface area contributed by atoms with Gasteiger partial charge < -0.3 is 0 Å². The van der Waals surface area contributed by atoms with Crippen LogP contribution in [0.3, 0.4) is 0 Å². The molecule has 1 aromatic heterocycles. The first-order chi connectivity index (χ1) is 5.86.